The molecule has 0 radical (unpaired) electrons. The van der Waals surface area contributed by atoms with Gasteiger partial charge in [0.1, 0.15) is 17.6 Å². The number of hydrogen-bond acceptors (Lipinski definition) is 5. The molecule has 0 amide bonds. The van der Waals surface area contributed by atoms with Gasteiger partial charge >= 0.3 is 11.9 Å². The fourth-order valence-corrected chi connectivity index (χ4v) is 2.73. The van der Waals surface area contributed by atoms with Crippen molar-refractivity contribution >= 4 is 11.9 Å². The molecule has 0 saturated heterocycles. The van der Waals surface area contributed by atoms with Gasteiger partial charge in [0.05, 0.1) is 12.5 Å². The first-order valence-corrected chi connectivity index (χ1v) is 8.40. The predicted octanol–water partition coefficient (Wildman–Crippen LogP) is 3.67. The number of carbonyl (C=O) groups excluding carboxylic acids is 2. The normalized spacial score (nSPS) is 20.6. The van der Waals surface area contributed by atoms with Crippen LogP contribution in [-0.2, 0) is 14.3 Å². The second kappa shape index (κ2) is 9.11. The molecule has 0 N–H and O–H groups in total. The Balaban J connectivity index is 1.79. The molecule has 1 aromatic rings. The highest BCUT2D eigenvalue weighted by atomic mass is 16.5. The summed E-state index contributed by atoms with van der Waals surface area (Å²) in [4.78, 5) is 23.7. The third kappa shape index (κ3) is 5.41. The number of hydrogen-bond donors (Lipinski definition) is 0. The van der Waals surface area contributed by atoms with Crippen molar-refractivity contribution in [1.82, 2.24) is 0 Å². The maximum atomic E-state index is 12.2. The van der Waals surface area contributed by atoms with E-state index in [1.807, 2.05) is 6.92 Å². The maximum absolute atomic E-state index is 12.2. The van der Waals surface area contributed by atoms with Crippen LogP contribution in [0.1, 0.15) is 39.5 Å². The van der Waals surface area contributed by atoms with Crippen LogP contribution in [0.3, 0.4) is 0 Å². The van der Waals surface area contributed by atoms with Crippen molar-refractivity contribution < 1.29 is 23.8 Å². The molecule has 0 spiro atoms. The van der Waals surface area contributed by atoms with Crippen molar-refractivity contribution in [3.8, 4) is 11.5 Å². The van der Waals surface area contributed by atoms with E-state index >= 15 is 0 Å². The smallest absolute Gasteiger partial charge is 0.330 e. The van der Waals surface area contributed by atoms with E-state index < -0.39 is 0 Å². The Morgan fingerprint density at radius 2 is 1.71 bits per heavy atom. The quantitative estimate of drug-likeness (QED) is 0.452. The molecule has 1 saturated carbocycles. The number of allylic oxidation sites excluding steroid dienone is 1. The van der Waals surface area contributed by atoms with E-state index in [2.05, 4.69) is 0 Å². The minimum absolute atomic E-state index is 0.108. The summed E-state index contributed by atoms with van der Waals surface area (Å²) in [5.74, 6) is 0.578. The second-order valence-electron chi connectivity index (χ2n) is 5.74. The Labute approximate surface area is 142 Å². The molecular weight excluding hydrogens is 308 g/mol. The zero-order valence-corrected chi connectivity index (χ0v) is 14.2. The van der Waals surface area contributed by atoms with Crippen LogP contribution in [0.15, 0.2) is 36.4 Å². The first kappa shape index (κ1) is 18.0. The standard InChI is InChI=1S/C19H24O5/c1-3-5-18(20)23-16-8-6-14(7-9-16)19(21)24-17-12-10-15(11-13-17)22-4-2/h3,5,10-14,16H,4,6-9H2,1-2H3/b5-3+/t14-,16-. The molecule has 2 rings (SSSR count). The largest absolute Gasteiger partial charge is 0.494 e. The van der Waals surface area contributed by atoms with Crippen LogP contribution in [0.2, 0.25) is 0 Å². The fourth-order valence-electron chi connectivity index (χ4n) is 2.73. The molecule has 130 valence electrons. The first-order valence-electron chi connectivity index (χ1n) is 8.40. The van der Waals surface area contributed by atoms with Crippen LogP contribution in [0.4, 0.5) is 0 Å². The van der Waals surface area contributed by atoms with Gasteiger partial charge in [-0.05, 0) is 63.8 Å². The molecule has 0 unspecified atom stereocenters. The van der Waals surface area contributed by atoms with Crippen molar-refractivity contribution in [3.63, 3.8) is 0 Å². The van der Waals surface area contributed by atoms with Crippen molar-refractivity contribution in [2.45, 2.75) is 45.6 Å². The number of esters is 2. The van der Waals surface area contributed by atoms with Crippen LogP contribution in [-0.4, -0.2) is 24.6 Å². The monoisotopic (exact) mass is 332 g/mol. The minimum Gasteiger partial charge on any atom is -0.494 e. The molecule has 1 aromatic carbocycles. The maximum Gasteiger partial charge on any atom is 0.330 e. The fraction of sp³-hybridized carbons (Fsp3) is 0.474. The first-order chi connectivity index (χ1) is 11.6. The van der Waals surface area contributed by atoms with Crippen molar-refractivity contribution in [2.24, 2.45) is 5.92 Å². The molecule has 5 heteroatoms. The van der Waals surface area contributed by atoms with Crippen molar-refractivity contribution in [1.29, 1.82) is 0 Å². The SMILES string of the molecule is C/C=C/C(=O)O[C@H]1CC[C@H](C(=O)Oc2ccc(OCC)cc2)CC1. The Kier molecular flexibility index (Phi) is 6.85. The van der Waals surface area contributed by atoms with Crippen LogP contribution in [0.25, 0.3) is 0 Å². The predicted molar refractivity (Wildman–Crippen MR) is 89.9 cm³/mol. The summed E-state index contributed by atoms with van der Waals surface area (Å²) in [6.07, 6.45) is 5.67. The van der Waals surface area contributed by atoms with E-state index in [1.54, 1.807) is 37.3 Å². The van der Waals surface area contributed by atoms with Gasteiger partial charge in [-0.25, -0.2) is 4.79 Å². The molecular formula is C19H24O5. The van der Waals surface area contributed by atoms with Gasteiger partial charge in [-0.1, -0.05) is 6.08 Å². The lowest BCUT2D eigenvalue weighted by molar-refractivity contribution is -0.147. The Morgan fingerprint density at radius 1 is 1.08 bits per heavy atom. The van der Waals surface area contributed by atoms with E-state index in [-0.39, 0.29) is 24.0 Å². The lowest BCUT2D eigenvalue weighted by Crippen LogP contribution is -2.29. The number of ether oxygens (including phenoxy) is 3. The zero-order valence-electron chi connectivity index (χ0n) is 14.2. The average Bonchev–Trinajstić information content (AvgIpc) is 2.57. The van der Waals surface area contributed by atoms with Crippen LogP contribution in [0.5, 0.6) is 11.5 Å². The molecule has 0 atom stereocenters. The summed E-state index contributed by atoms with van der Waals surface area (Å²) in [5, 5.41) is 0. The van der Waals surface area contributed by atoms with E-state index in [4.69, 9.17) is 14.2 Å². The summed E-state index contributed by atoms with van der Waals surface area (Å²) in [7, 11) is 0. The van der Waals surface area contributed by atoms with Gasteiger partial charge in [0.25, 0.3) is 0 Å². The second-order valence-corrected chi connectivity index (χ2v) is 5.74. The minimum atomic E-state index is -0.321. The van der Waals surface area contributed by atoms with Crippen LogP contribution in [0, 0.1) is 5.92 Å². The van der Waals surface area contributed by atoms with E-state index in [0.29, 0.717) is 38.0 Å². The summed E-state index contributed by atoms with van der Waals surface area (Å²) < 4.78 is 16.1. The van der Waals surface area contributed by atoms with Gasteiger partial charge in [-0.15, -0.1) is 0 Å². The third-order valence-electron chi connectivity index (χ3n) is 3.95. The average molecular weight is 332 g/mol. The lowest BCUT2D eigenvalue weighted by Gasteiger charge is -2.26. The van der Waals surface area contributed by atoms with Gasteiger partial charge in [-0.3, -0.25) is 4.79 Å². The molecule has 1 aliphatic rings. The molecule has 24 heavy (non-hydrogen) atoms. The molecule has 5 nitrogen and oxygen atoms in total. The Hall–Kier alpha value is -2.30. The number of carbonyl (C=O) groups is 2. The van der Waals surface area contributed by atoms with E-state index in [1.165, 1.54) is 6.08 Å². The van der Waals surface area contributed by atoms with Crippen LogP contribution < -0.4 is 9.47 Å². The Morgan fingerprint density at radius 3 is 2.29 bits per heavy atom. The molecule has 0 bridgehead atoms. The van der Waals surface area contributed by atoms with Crippen molar-refractivity contribution in [2.75, 3.05) is 6.61 Å². The Bertz CT molecular complexity index is 568. The summed E-state index contributed by atoms with van der Waals surface area (Å²) in [6, 6.07) is 7.02. The number of rotatable bonds is 6. The molecule has 0 aromatic heterocycles. The highest BCUT2D eigenvalue weighted by Crippen LogP contribution is 2.28. The van der Waals surface area contributed by atoms with Crippen LogP contribution >= 0.6 is 0 Å². The highest BCUT2D eigenvalue weighted by molar-refractivity contribution is 5.82. The topological polar surface area (TPSA) is 61.8 Å². The molecule has 1 fully saturated rings. The summed E-state index contributed by atoms with van der Waals surface area (Å²) in [6.45, 7) is 4.29. The lowest BCUT2D eigenvalue weighted by atomic mass is 9.87. The van der Waals surface area contributed by atoms with E-state index in [0.717, 1.165) is 5.75 Å². The van der Waals surface area contributed by atoms with Gasteiger partial charge in [-0.2, -0.15) is 0 Å². The molecule has 0 aliphatic heterocycles. The third-order valence-corrected chi connectivity index (χ3v) is 3.95. The molecule has 0 heterocycles. The molecule has 1 aliphatic carbocycles. The van der Waals surface area contributed by atoms with Crippen molar-refractivity contribution in [3.05, 3.63) is 36.4 Å². The summed E-state index contributed by atoms with van der Waals surface area (Å²) in [5.41, 5.74) is 0. The highest BCUT2D eigenvalue weighted by Gasteiger charge is 2.29. The summed E-state index contributed by atoms with van der Waals surface area (Å²) >= 11 is 0. The van der Waals surface area contributed by atoms with E-state index in [9.17, 15) is 9.59 Å². The van der Waals surface area contributed by atoms with Gasteiger partial charge in [0.15, 0.2) is 0 Å². The zero-order chi connectivity index (χ0) is 17.4. The van der Waals surface area contributed by atoms with Gasteiger partial charge in [0.2, 0.25) is 0 Å². The number of benzene rings is 1. The van der Waals surface area contributed by atoms with Gasteiger partial charge in [0, 0.05) is 6.08 Å². The van der Waals surface area contributed by atoms with Gasteiger partial charge < -0.3 is 14.2 Å².